The van der Waals surface area contributed by atoms with Crippen LogP contribution in [0.25, 0.3) is 0 Å². The topological polar surface area (TPSA) is 189 Å². The Balaban J connectivity index is 2.77. The van der Waals surface area contributed by atoms with Gasteiger partial charge >= 0.3 is 18.2 Å². The van der Waals surface area contributed by atoms with Crippen LogP contribution in [0.1, 0.15) is 45.6 Å². The molecule has 15 heteroatoms. The zero-order valence-electron chi connectivity index (χ0n) is 21.8. The quantitative estimate of drug-likeness (QED) is 0.181. The van der Waals surface area contributed by atoms with E-state index in [9.17, 15) is 42.3 Å². The van der Waals surface area contributed by atoms with Gasteiger partial charge in [-0.3, -0.25) is 19.7 Å². The Morgan fingerprint density at radius 3 is 2.05 bits per heavy atom. The normalized spacial score (nSPS) is 15.1. The lowest BCUT2D eigenvalue weighted by molar-refractivity contribution is -0.194. The molecule has 0 saturated carbocycles. The molecule has 7 N–H and O–H groups in total. The number of carboxylic acids is 1. The average Bonchev–Trinajstić information content (AvgIpc) is 2.86. The highest BCUT2D eigenvalue weighted by molar-refractivity contribution is 5.96. The smallest absolute Gasteiger partial charge is 0.420 e. The van der Waals surface area contributed by atoms with E-state index in [1.165, 1.54) is 12.2 Å². The Hall–Kier alpha value is -3.88. The fourth-order valence-corrected chi connectivity index (χ4v) is 3.08. The van der Waals surface area contributed by atoms with Crippen LogP contribution in [-0.4, -0.2) is 71.3 Å². The van der Waals surface area contributed by atoms with Crippen molar-refractivity contribution in [2.45, 2.75) is 76.5 Å². The van der Waals surface area contributed by atoms with Gasteiger partial charge in [0, 0.05) is 0 Å². The summed E-state index contributed by atoms with van der Waals surface area (Å²) < 4.78 is 46.2. The van der Waals surface area contributed by atoms with Gasteiger partial charge in [-0.25, -0.2) is 9.59 Å². The Morgan fingerprint density at radius 1 is 0.949 bits per heavy atom. The number of unbranched alkanes of at least 4 members (excludes halogenated alkanes) is 1. The fourth-order valence-electron chi connectivity index (χ4n) is 3.08. The molecule has 0 saturated heterocycles. The van der Waals surface area contributed by atoms with Crippen LogP contribution in [0.15, 0.2) is 30.3 Å². The highest BCUT2D eigenvalue weighted by Gasteiger charge is 2.58. The minimum Gasteiger partial charge on any atom is -0.480 e. The molecule has 0 aliphatic carbocycles. The number of carbonyl (C=O) groups is 5. The molecule has 0 spiro atoms. The molecule has 0 aliphatic rings. The SMILES string of the molecule is C[C@H](NC(=O)[C@H](C)NC(=O)C(C)(NC(=O)OCc1ccccc1)C(F)(F)F)C(=O)N[C@@H](CCCCN)C(=O)O. The Morgan fingerprint density at radius 2 is 1.51 bits per heavy atom. The molecule has 1 rings (SSSR count). The van der Waals surface area contributed by atoms with Crippen molar-refractivity contribution in [3.8, 4) is 0 Å². The van der Waals surface area contributed by atoms with Crippen molar-refractivity contribution in [1.29, 1.82) is 0 Å². The summed E-state index contributed by atoms with van der Waals surface area (Å²) in [7, 11) is 0. The van der Waals surface area contributed by atoms with Crippen molar-refractivity contribution >= 4 is 29.8 Å². The number of nitrogens with one attached hydrogen (secondary N) is 4. The van der Waals surface area contributed by atoms with Crippen LogP contribution < -0.4 is 27.0 Å². The van der Waals surface area contributed by atoms with Crippen molar-refractivity contribution in [3.05, 3.63) is 35.9 Å². The number of hydrogen-bond acceptors (Lipinski definition) is 7. The summed E-state index contributed by atoms with van der Waals surface area (Å²) in [4.78, 5) is 60.8. The first-order valence-corrected chi connectivity index (χ1v) is 12.0. The number of amides is 4. The lowest BCUT2D eigenvalue weighted by Crippen LogP contribution is -2.67. The molecular formula is C24H34F3N5O7. The van der Waals surface area contributed by atoms with Crippen LogP contribution in [0.4, 0.5) is 18.0 Å². The van der Waals surface area contributed by atoms with Crippen LogP contribution >= 0.6 is 0 Å². The molecule has 0 bridgehead atoms. The van der Waals surface area contributed by atoms with E-state index < -0.39 is 59.6 Å². The molecule has 1 unspecified atom stereocenters. The van der Waals surface area contributed by atoms with Crippen molar-refractivity contribution in [1.82, 2.24) is 21.3 Å². The lowest BCUT2D eigenvalue weighted by atomic mass is 10.00. The number of aliphatic carboxylic acids is 1. The average molecular weight is 562 g/mol. The number of ether oxygens (including phenoxy) is 1. The molecular weight excluding hydrogens is 527 g/mol. The predicted molar refractivity (Wildman–Crippen MR) is 132 cm³/mol. The number of benzene rings is 1. The van der Waals surface area contributed by atoms with E-state index in [1.54, 1.807) is 30.3 Å². The molecule has 0 aromatic heterocycles. The number of rotatable bonds is 14. The number of halogens is 3. The van der Waals surface area contributed by atoms with Crippen molar-refractivity contribution < 1.29 is 47.0 Å². The van der Waals surface area contributed by atoms with Crippen molar-refractivity contribution in [2.24, 2.45) is 5.73 Å². The van der Waals surface area contributed by atoms with Crippen LogP contribution in [-0.2, 0) is 30.5 Å². The van der Waals surface area contributed by atoms with Crippen LogP contribution in [0.3, 0.4) is 0 Å². The largest absolute Gasteiger partial charge is 0.480 e. The standard InChI is InChI=1S/C24H34F3N5O7/c1-14(19(34)31-17(20(35)36)11-7-8-12-28)29-18(33)15(2)30-21(37)23(3,24(25,26)27)32-22(38)39-13-16-9-5-4-6-10-16/h4-6,9-10,14-15,17H,7-8,11-13,28H2,1-3H3,(H,29,33)(H,30,37)(H,31,34)(H,32,38)(H,35,36)/t14-,15-,17-,23?/m0/s1. The summed E-state index contributed by atoms with van der Waals surface area (Å²) in [5, 5.41) is 17.1. The summed E-state index contributed by atoms with van der Waals surface area (Å²) in [6.45, 7) is 2.69. The van der Waals surface area contributed by atoms with Crippen LogP contribution in [0.2, 0.25) is 0 Å². The maximum atomic E-state index is 13.8. The fraction of sp³-hybridized carbons (Fsp3) is 0.542. The molecule has 1 aromatic carbocycles. The van der Waals surface area contributed by atoms with Crippen molar-refractivity contribution in [2.75, 3.05) is 6.54 Å². The maximum Gasteiger partial charge on any atom is 0.420 e. The summed E-state index contributed by atoms with van der Waals surface area (Å²) >= 11 is 0. The third-order valence-corrected chi connectivity index (χ3v) is 5.64. The number of hydrogen-bond donors (Lipinski definition) is 6. The van der Waals surface area contributed by atoms with E-state index in [0.29, 0.717) is 31.9 Å². The van der Waals surface area contributed by atoms with Gasteiger partial charge < -0.3 is 31.5 Å². The summed E-state index contributed by atoms with van der Waals surface area (Å²) in [6, 6.07) is 4.02. The summed E-state index contributed by atoms with van der Waals surface area (Å²) in [5.41, 5.74) is 2.40. The monoisotopic (exact) mass is 561 g/mol. The molecule has 12 nitrogen and oxygen atoms in total. The number of alkyl carbamates (subject to hydrolysis) is 1. The van der Waals surface area contributed by atoms with Gasteiger partial charge in [-0.2, -0.15) is 13.2 Å². The number of nitrogens with two attached hydrogens (primary N) is 1. The van der Waals surface area contributed by atoms with Gasteiger partial charge in [0.2, 0.25) is 17.4 Å². The van der Waals surface area contributed by atoms with E-state index in [1.807, 2.05) is 5.32 Å². The van der Waals surface area contributed by atoms with Gasteiger partial charge in [0.1, 0.15) is 24.7 Å². The third-order valence-electron chi connectivity index (χ3n) is 5.64. The first-order valence-electron chi connectivity index (χ1n) is 12.0. The van der Waals surface area contributed by atoms with Crippen LogP contribution in [0.5, 0.6) is 0 Å². The number of carboxylic acid groups (broad SMARTS) is 1. The molecule has 218 valence electrons. The van der Waals surface area contributed by atoms with Gasteiger partial charge in [-0.1, -0.05) is 30.3 Å². The molecule has 0 heterocycles. The molecule has 1 aromatic rings. The zero-order chi connectivity index (χ0) is 29.8. The molecule has 39 heavy (non-hydrogen) atoms. The first-order chi connectivity index (χ1) is 18.1. The minimum absolute atomic E-state index is 0.0994. The second kappa shape index (κ2) is 14.9. The maximum absolute atomic E-state index is 13.8. The molecule has 0 fully saturated rings. The van der Waals surface area contributed by atoms with Gasteiger partial charge in [0.05, 0.1) is 0 Å². The molecule has 0 aliphatic heterocycles. The van der Waals surface area contributed by atoms with E-state index in [0.717, 1.165) is 6.92 Å². The first kappa shape index (κ1) is 33.1. The Bertz CT molecular complexity index is 1010. The van der Waals surface area contributed by atoms with Crippen LogP contribution in [0, 0.1) is 0 Å². The highest BCUT2D eigenvalue weighted by atomic mass is 19.4. The second-order valence-corrected chi connectivity index (χ2v) is 8.92. The van der Waals surface area contributed by atoms with E-state index in [-0.39, 0.29) is 13.0 Å². The number of carbonyl (C=O) groups excluding carboxylic acids is 4. The molecule has 0 radical (unpaired) electrons. The van der Waals surface area contributed by atoms with Crippen molar-refractivity contribution in [3.63, 3.8) is 0 Å². The Labute approximate surface area is 223 Å². The van der Waals surface area contributed by atoms with Gasteiger partial charge in [0.25, 0.3) is 5.91 Å². The van der Waals surface area contributed by atoms with Gasteiger partial charge in [-0.05, 0) is 52.1 Å². The third kappa shape index (κ3) is 10.4. The molecule has 4 amide bonds. The molecule has 4 atom stereocenters. The highest BCUT2D eigenvalue weighted by Crippen LogP contribution is 2.30. The van der Waals surface area contributed by atoms with Gasteiger partial charge in [-0.15, -0.1) is 0 Å². The zero-order valence-corrected chi connectivity index (χ0v) is 21.8. The van der Waals surface area contributed by atoms with E-state index in [2.05, 4.69) is 10.6 Å². The lowest BCUT2D eigenvalue weighted by Gasteiger charge is -2.32. The van der Waals surface area contributed by atoms with E-state index in [4.69, 9.17) is 10.5 Å². The second-order valence-electron chi connectivity index (χ2n) is 8.92. The predicted octanol–water partition coefficient (Wildman–Crippen LogP) is 0.942. The minimum atomic E-state index is -5.28. The summed E-state index contributed by atoms with van der Waals surface area (Å²) in [6.07, 6.45) is -5.72. The van der Waals surface area contributed by atoms with Gasteiger partial charge in [0.15, 0.2) is 0 Å². The Kier molecular flexibility index (Phi) is 12.7. The summed E-state index contributed by atoms with van der Waals surface area (Å²) in [5.74, 6) is -4.93. The number of alkyl halides is 3. The van der Waals surface area contributed by atoms with E-state index >= 15 is 0 Å².